The zero-order valence-electron chi connectivity index (χ0n) is 12.0. The number of fused-ring (bicyclic) bond motifs is 1. The van der Waals surface area contributed by atoms with Crippen LogP contribution in [0.3, 0.4) is 0 Å². The minimum Gasteiger partial charge on any atom is -0.312 e. The predicted octanol–water partition coefficient (Wildman–Crippen LogP) is 3.11. The Morgan fingerprint density at radius 2 is 2.10 bits per heavy atom. The molecule has 21 heavy (non-hydrogen) atoms. The van der Waals surface area contributed by atoms with Crippen LogP contribution in [0, 0.1) is 5.92 Å². The highest BCUT2D eigenvalue weighted by atomic mass is 19.4. The van der Waals surface area contributed by atoms with Gasteiger partial charge in [0.05, 0.1) is 5.92 Å². The third kappa shape index (κ3) is 3.58. The van der Waals surface area contributed by atoms with Crippen molar-refractivity contribution >= 4 is 0 Å². The van der Waals surface area contributed by atoms with Gasteiger partial charge >= 0.3 is 6.18 Å². The number of rotatable bonds is 2. The van der Waals surface area contributed by atoms with E-state index in [4.69, 9.17) is 0 Å². The number of piperidine rings is 1. The van der Waals surface area contributed by atoms with Crippen LogP contribution in [0.2, 0.25) is 0 Å². The Morgan fingerprint density at radius 3 is 2.90 bits per heavy atom. The molecule has 0 spiro atoms. The Morgan fingerprint density at radius 1 is 1.24 bits per heavy atom. The molecule has 1 saturated heterocycles. The summed E-state index contributed by atoms with van der Waals surface area (Å²) < 4.78 is 38.5. The Labute approximate surface area is 123 Å². The van der Waals surface area contributed by atoms with Crippen LogP contribution in [-0.2, 0) is 19.5 Å². The lowest BCUT2D eigenvalue weighted by Gasteiger charge is -2.34. The fourth-order valence-corrected chi connectivity index (χ4v) is 3.36. The van der Waals surface area contributed by atoms with E-state index in [-0.39, 0.29) is 13.0 Å². The molecule has 1 fully saturated rings. The van der Waals surface area contributed by atoms with Crippen LogP contribution in [-0.4, -0.2) is 30.7 Å². The van der Waals surface area contributed by atoms with E-state index in [2.05, 4.69) is 23.5 Å². The lowest BCUT2D eigenvalue weighted by atomic mass is 9.95. The van der Waals surface area contributed by atoms with Gasteiger partial charge in [0, 0.05) is 19.6 Å². The van der Waals surface area contributed by atoms with Crippen molar-refractivity contribution in [3.63, 3.8) is 0 Å². The summed E-state index contributed by atoms with van der Waals surface area (Å²) in [5.41, 5.74) is 3.78. The fraction of sp³-hybridized carbons (Fsp3) is 0.625. The number of nitrogens with zero attached hydrogens (tertiary/aromatic N) is 1. The van der Waals surface area contributed by atoms with Crippen LogP contribution >= 0.6 is 0 Å². The molecule has 0 bridgehead atoms. The van der Waals surface area contributed by atoms with E-state index in [9.17, 15) is 13.2 Å². The van der Waals surface area contributed by atoms with E-state index in [1.807, 2.05) is 4.90 Å². The Kier molecular flexibility index (Phi) is 4.22. The first-order valence-electron chi connectivity index (χ1n) is 7.63. The number of likely N-dealkylation sites (tertiary alicyclic amines) is 1. The molecule has 1 N–H and O–H groups in total. The van der Waals surface area contributed by atoms with Crippen molar-refractivity contribution in [3.05, 3.63) is 34.9 Å². The standard InChI is InChI=1S/C16H21F3N2/c17-16(18,19)15-2-1-7-21(11-15)10-12-3-4-13-5-6-20-9-14(13)8-12/h3-4,8,15,20H,1-2,5-7,9-11H2. The van der Waals surface area contributed by atoms with Crippen molar-refractivity contribution in [1.82, 2.24) is 10.2 Å². The van der Waals surface area contributed by atoms with Crippen molar-refractivity contribution in [2.75, 3.05) is 19.6 Å². The van der Waals surface area contributed by atoms with Gasteiger partial charge in [-0.2, -0.15) is 13.2 Å². The van der Waals surface area contributed by atoms with Crippen molar-refractivity contribution in [2.45, 2.75) is 38.5 Å². The molecule has 2 aliphatic rings. The number of halogens is 3. The molecule has 0 saturated carbocycles. The number of hydrogen-bond donors (Lipinski definition) is 1. The van der Waals surface area contributed by atoms with Crippen LogP contribution in [0.25, 0.3) is 0 Å². The quantitative estimate of drug-likeness (QED) is 0.902. The van der Waals surface area contributed by atoms with E-state index in [0.717, 1.165) is 31.6 Å². The van der Waals surface area contributed by atoms with E-state index >= 15 is 0 Å². The van der Waals surface area contributed by atoms with Gasteiger partial charge in [-0.3, -0.25) is 4.90 Å². The molecule has 0 aromatic heterocycles. The van der Waals surface area contributed by atoms with Crippen LogP contribution in [0.4, 0.5) is 13.2 Å². The monoisotopic (exact) mass is 298 g/mol. The molecule has 116 valence electrons. The largest absolute Gasteiger partial charge is 0.393 e. The van der Waals surface area contributed by atoms with Gasteiger partial charge in [0.1, 0.15) is 0 Å². The summed E-state index contributed by atoms with van der Waals surface area (Å²) in [6.07, 6.45) is -2.11. The normalized spacial score (nSPS) is 23.9. The van der Waals surface area contributed by atoms with E-state index in [1.54, 1.807) is 0 Å². The number of nitrogens with one attached hydrogen (secondary N) is 1. The third-order valence-electron chi connectivity index (χ3n) is 4.53. The predicted molar refractivity (Wildman–Crippen MR) is 75.9 cm³/mol. The molecule has 0 aliphatic carbocycles. The molecule has 5 heteroatoms. The molecule has 3 rings (SSSR count). The van der Waals surface area contributed by atoms with Gasteiger partial charge in [-0.25, -0.2) is 0 Å². The summed E-state index contributed by atoms with van der Waals surface area (Å²) in [7, 11) is 0. The summed E-state index contributed by atoms with van der Waals surface area (Å²) in [6.45, 7) is 3.40. The lowest BCUT2D eigenvalue weighted by molar-refractivity contribution is -0.187. The maximum atomic E-state index is 12.8. The summed E-state index contributed by atoms with van der Waals surface area (Å²) in [6, 6.07) is 6.36. The van der Waals surface area contributed by atoms with Crippen LogP contribution < -0.4 is 5.32 Å². The van der Waals surface area contributed by atoms with Gasteiger partial charge in [0.25, 0.3) is 0 Å². The summed E-state index contributed by atoms with van der Waals surface area (Å²) >= 11 is 0. The highest BCUT2D eigenvalue weighted by Gasteiger charge is 2.41. The van der Waals surface area contributed by atoms with Gasteiger partial charge in [0.15, 0.2) is 0 Å². The second-order valence-corrected chi connectivity index (χ2v) is 6.15. The Balaban J connectivity index is 1.66. The van der Waals surface area contributed by atoms with Crippen molar-refractivity contribution in [3.8, 4) is 0 Å². The number of hydrogen-bond acceptors (Lipinski definition) is 2. The highest BCUT2D eigenvalue weighted by molar-refractivity contribution is 5.33. The maximum absolute atomic E-state index is 12.8. The maximum Gasteiger partial charge on any atom is 0.393 e. The number of benzene rings is 1. The second-order valence-electron chi connectivity index (χ2n) is 6.15. The third-order valence-corrected chi connectivity index (χ3v) is 4.53. The Bertz CT molecular complexity index is 499. The SMILES string of the molecule is FC(F)(F)C1CCCN(Cc2ccc3c(c2)CNCC3)C1. The van der Waals surface area contributed by atoms with Crippen molar-refractivity contribution in [2.24, 2.45) is 5.92 Å². The molecule has 1 aromatic carbocycles. The van der Waals surface area contributed by atoms with Gasteiger partial charge in [-0.15, -0.1) is 0 Å². The molecule has 2 nitrogen and oxygen atoms in total. The van der Waals surface area contributed by atoms with Crippen molar-refractivity contribution in [1.29, 1.82) is 0 Å². The highest BCUT2D eigenvalue weighted by Crippen LogP contribution is 2.33. The average Bonchev–Trinajstić information content (AvgIpc) is 2.46. The van der Waals surface area contributed by atoms with Gasteiger partial charge in [0.2, 0.25) is 0 Å². The molecular weight excluding hydrogens is 277 g/mol. The lowest BCUT2D eigenvalue weighted by Crippen LogP contribution is -2.41. The zero-order valence-corrected chi connectivity index (χ0v) is 12.0. The molecule has 2 heterocycles. The molecule has 1 unspecified atom stereocenters. The van der Waals surface area contributed by atoms with E-state index in [1.165, 1.54) is 11.1 Å². The minimum absolute atomic E-state index is 0.138. The fourth-order valence-electron chi connectivity index (χ4n) is 3.36. The molecule has 0 radical (unpaired) electrons. The first kappa shape index (κ1) is 14.9. The van der Waals surface area contributed by atoms with Crippen molar-refractivity contribution < 1.29 is 13.2 Å². The minimum atomic E-state index is -4.06. The van der Waals surface area contributed by atoms with Crippen LogP contribution in [0.15, 0.2) is 18.2 Å². The van der Waals surface area contributed by atoms with Gasteiger partial charge < -0.3 is 5.32 Å². The molecule has 1 atom stereocenters. The van der Waals surface area contributed by atoms with Gasteiger partial charge in [-0.1, -0.05) is 18.2 Å². The first-order valence-corrected chi connectivity index (χ1v) is 7.63. The molecule has 1 aromatic rings. The van der Waals surface area contributed by atoms with E-state index < -0.39 is 12.1 Å². The first-order chi connectivity index (χ1) is 10.0. The Hall–Kier alpha value is -1.07. The van der Waals surface area contributed by atoms with Gasteiger partial charge in [-0.05, 0) is 49.0 Å². The van der Waals surface area contributed by atoms with Crippen LogP contribution in [0.1, 0.15) is 29.5 Å². The molecule has 2 aliphatic heterocycles. The average molecular weight is 298 g/mol. The molecule has 0 amide bonds. The topological polar surface area (TPSA) is 15.3 Å². The van der Waals surface area contributed by atoms with Crippen LogP contribution in [0.5, 0.6) is 0 Å². The number of alkyl halides is 3. The summed E-state index contributed by atoms with van der Waals surface area (Å²) in [4.78, 5) is 1.94. The molecular formula is C16H21F3N2. The zero-order chi connectivity index (χ0) is 14.9. The smallest absolute Gasteiger partial charge is 0.312 e. The van der Waals surface area contributed by atoms with E-state index in [0.29, 0.717) is 13.0 Å². The second kappa shape index (κ2) is 5.97. The summed E-state index contributed by atoms with van der Waals surface area (Å²) in [5, 5.41) is 3.34. The summed E-state index contributed by atoms with van der Waals surface area (Å²) in [5.74, 6) is -1.16.